The van der Waals surface area contributed by atoms with Crippen molar-refractivity contribution in [1.82, 2.24) is 0 Å². The monoisotopic (exact) mass is 1630 g/mol. The van der Waals surface area contributed by atoms with E-state index in [0.29, 0.717) is 17.8 Å². The molecule has 123 heavy (non-hydrogen) atoms. The van der Waals surface area contributed by atoms with Crippen LogP contribution in [0.4, 0.5) is 68.2 Å². The van der Waals surface area contributed by atoms with E-state index in [1.807, 2.05) is 0 Å². The molecule has 0 amide bonds. The molecule has 0 saturated heterocycles. The van der Waals surface area contributed by atoms with Crippen molar-refractivity contribution in [3.8, 4) is 0 Å². The van der Waals surface area contributed by atoms with Gasteiger partial charge >= 0.3 is 0 Å². The molecule has 636 valence electrons. The second-order valence-electron chi connectivity index (χ2n) is 49.2. The maximum absolute atomic E-state index is 2.83. The molecule has 0 N–H and O–H groups in total. The molecule has 20 rings (SSSR count). The summed E-state index contributed by atoms with van der Waals surface area (Å²) in [5.41, 5.74) is 45.2. The summed E-state index contributed by atoms with van der Waals surface area (Å²) in [4.78, 5) is 11.1. The van der Waals surface area contributed by atoms with Gasteiger partial charge in [-0.05, 0) is 375 Å². The Labute approximate surface area is 742 Å². The van der Waals surface area contributed by atoms with Gasteiger partial charge in [-0.15, -0.1) is 0 Å². The Morgan fingerprint density at radius 3 is 1.08 bits per heavy atom. The molecule has 2 fully saturated rings. The second kappa shape index (κ2) is 28.0. The predicted molar refractivity (Wildman–Crippen MR) is 532 cm³/mol. The van der Waals surface area contributed by atoms with Gasteiger partial charge in [-0.3, -0.25) is 0 Å². The van der Waals surface area contributed by atoms with E-state index in [1.165, 1.54) is 276 Å². The SMILES string of the molecule is Cc1cc2c3c(c1)N(c1ccc4c(c1)C(C)(C)CCC4(C)C)c1cc4c(cc1B3c1cc(C3CCCC(CC(C)(C)c5cc6c7c(c5)N(c5ccc8c(c5)C(C)(C)CCC8(C)C)c5cc8c(cc5B7c5cc(C(C)(C)C)ccc5N6c5ccc(C(C)(C)C)cc5)C(C)(C)CCC8(C)C)C3)ccc1N2c1ccc(C2CCCCC2)cc1)C(C)(C)CCC4(C)C. The molecule has 0 aromatic heterocycles. The molecule has 4 aliphatic heterocycles. The fourth-order valence-electron chi connectivity index (χ4n) is 26.0. The van der Waals surface area contributed by atoms with Crippen molar-refractivity contribution >= 4 is 114 Å². The first-order chi connectivity index (χ1) is 57.8. The van der Waals surface area contributed by atoms with Crippen LogP contribution in [0.5, 0.6) is 0 Å². The van der Waals surface area contributed by atoms with E-state index in [0.717, 1.165) is 12.8 Å². The first kappa shape index (κ1) is 82.8. The Kier molecular flexibility index (Phi) is 18.9. The van der Waals surface area contributed by atoms with Crippen LogP contribution in [0.25, 0.3) is 0 Å². The van der Waals surface area contributed by atoms with E-state index in [-0.39, 0.29) is 73.0 Å². The highest BCUT2D eigenvalue weighted by Crippen LogP contribution is 2.58. The topological polar surface area (TPSA) is 13.0 Å². The molecule has 0 bridgehead atoms. The van der Waals surface area contributed by atoms with Gasteiger partial charge in [0.25, 0.3) is 13.4 Å². The average molecular weight is 1630 g/mol. The Morgan fingerprint density at radius 1 is 0.285 bits per heavy atom. The number of nitrogens with zero attached hydrogens (tertiary/aromatic N) is 4. The van der Waals surface area contributed by atoms with E-state index in [9.17, 15) is 0 Å². The van der Waals surface area contributed by atoms with Crippen LogP contribution >= 0.6 is 0 Å². The number of hydrogen-bond donors (Lipinski definition) is 0. The van der Waals surface area contributed by atoms with Crippen molar-refractivity contribution in [2.24, 2.45) is 5.92 Å². The minimum Gasteiger partial charge on any atom is -0.311 e. The summed E-state index contributed by atoms with van der Waals surface area (Å²) < 4.78 is 0. The van der Waals surface area contributed by atoms with Crippen LogP contribution < -0.4 is 52.4 Å². The van der Waals surface area contributed by atoms with Crippen molar-refractivity contribution < 1.29 is 0 Å². The largest absolute Gasteiger partial charge is 0.311 e. The average Bonchev–Trinajstić information content (AvgIpc) is 0.685. The number of hydrogen-bond acceptors (Lipinski definition) is 4. The second-order valence-corrected chi connectivity index (χ2v) is 49.2. The first-order valence-corrected chi connectivity index (χ1v) is 48.5. The Hall–Kier alpha value is -8.47. The zero-order chi connectivity index (χ0) is 86.7. The van der Waals surface area contributed by atoms with Gasteiger partial charge in [0.1, 0.15) is 0 Å². The summed E-state index contributed by atoms with van der Waals surface area (Å²) in [5, 5.41) is 0. The molecule has 6 heteroatoms. The molecular weight excluding hydrogens is 1480 g/mol. The smallest absolute Gasteiger partial charge is 0.252 e. The lowest BCUT2D eigenvalue weighted by Crippen LogP contribution is -2.62. The zero-order valence-corrected chi connectivity index (χ0v) is 80.1. The van der Waals surface area contributed by atoms with Crippen LogP contribution in [0.2, 0.25) is 0 Å². The van der Waals surface area contributed by atoms with Gasteiger partial charge < -0.3 is 19.6 Å². The van der Waals surface area contributed by atoms with Gasteiger partial charge in [0.05, 0.1) is 0 Å². The van der Waals surface area contributed by atoms with E-state index in [2.05, 4.69) is 363 Å². The van der Waals surface area contributed by atoms with Crippen molar-refractivity contribution in [3.63, 3.8) is 0 Å². The quantitative estimate of drug-likeness (QED) is 0.134. The number of fused-ring (bicyclic) bond motifs is 12. The molecule has 10 aromatic carbocycles. The maximum Gasteiger partial charge on any atom is 0.252 e. The number of benzene rings is 10. The van der Waals surface area contributed by atoms with Crippen molar-refractivity contribution in [2.45, 2.75) is 360 Å². The van der Waals surface area contributed by atoms with E-state index >= 15 is 0 Å². The molecule has 0 spiro atoms. The third-order valence-corrected chi connectivity index (χ3v) is 34.4. The fourth-order valence-corrected chi connectivity index (χ4v) is 26.0. The summed E-state index contributed by atoms with van der Waals surface area (Å²) >= 11 is 0. The van der Waals surface area contributed by atoms with Crippen molar-refractivity contribution in [2.75, 3.05) is 19.6 Å². The van der Waals surface area contributed by atoms with Crippen molar-refractivity contribution in [3.05, 3.63) is 248 Å². The molecule has 2 unspecified atom stereocenters. The molecule has 6 aliphatic carbocycles. The molecule has 0 radical (unpaired) electrons. The van der Waals surface area contributed by atoms with Gasteiger partial charge in [-0.25, -0.2) is 0 Å². The number of aryl methyl sites for hydroxylation is 1. The summed E-state index contributed by atoms with van der Waals surface area (Å²) in [6, 6.07) is 72.7. The minimum absolute atomic E-state index is 0.00124. The zero-order valence-electron chi connectivity index (χ0n) is 80.1. The third kappa shape index (κ3) is 13.4. The molecule has 10 aliphatic rings. The Bertz CT molecular complexity index is 5970. The normalized spacial score (nSPS) is 21.9. The fraction of sp³-hybridized carbons (Fsp3) is 0.487. The number of anilines is 12. The third-order valence-electron chi connectivity index (χ3n) is 34.4. The summed E-state index contributed by atoms with van der Waals surface area (Å²) in [6.07, 6.45) is 21.9. The first-order valence-electron chi connectivity index (χ1n) is 48.5. The molecule has 4 nitrogen and oxygen atoms in total. The van der Waals surface area contributed by atoms with Gasteiger partial charge in [0.2, 0.25) is 0 Å². The van der Waals surface area contributed by atoms with Crippen LogP contribution in [-0.2, 0) is 59.6 Å². The van der Waals surface area contributed by atoms with Gasteiger partial charge in [-0.1, -0.05) is 271 Å². The van der Waals surface area contributed by atoms with Crippen LogP contribution in [0.15, 0.2) is 170 Å². The highest BCUT2D eigenvalue weighted by Gasteiger charge is 2.52. The number of rotatable bonds is 9. The molecule has 4 heterocycles. The van der Waals surface area contributed by atoms with Gasteiger partial charge in [0, 0.05) is 68.2 Å². The van der Waals surface area contributed by atoms with Crippen LogP contribution in [-0.4, -0.2) is 13.4 Å². The Balaban J connectivity index is 0.752. The molecular formula is C117H142B2N4. The predicted octanol–water partition coefficient (Wildman–Crippen LogP) is 28.8. The minimum atomic E-state index is -0.217. The molecule has 2 saturated carbocycles. The van der Waals surface area contributed by atoms with Gasteiger partial charge in [-0.2, -0.15) is 0 Å². The summed E-state index contributed by atoms with van der Waals surface area (Å²) in [6.45, 7) is 62.4. The molecule has 2 atom stereocenters. The van der Waals surface area contributed by atoms with Crippen LogP contribution in [0, 0.1) is 12.8 Å². The van der Waals surface area contributed by atoms with Crippen molar-refractivity contribution in [1.29, 1.82) is 0 Å². The highest BCUT2D eigenvalue weighted by molar-refractivity contribution is 7.01. The Morgan fingerprint density at radius 2 is 0.634 bits per heavy atom. The summed E-state index contributed by atoms with van der Waals surface area (Å²) in [7, 11) is 0. The van der Waals surface area contributed by atoms with Crippen LogP contribution in [0.3, 0.4) is 0 Å². The van der Waals surface area contributed by atoms with Crippen LogP contribution in [0.1, 0.15) is 371 Å². The van der Waals surface area contributed by atoms with E-state index in [1.54, 1.807) is 5.56 Å². The van der Waals surface area contributed by atoms with E-state index < -0.39 is 0 Å². The summed E-state index contributed by atoms with van der Waals surface area (Å²) in [5.74, 6) is 1.56. The highest BCUT2D eigenvalue weighted by atomic mass is 15.2. The standard InChI is InChI=1S/C117H142B2N4/c1-72-58-101-105-102(59-72)122(83-44-46-85-87(65-83)111(12,13)52-50-109(85,8)9)99-69-91-89(113(16,17)54-56-115(91,20)21)67-95(99)118(105)93-61-77(36-48-97(93)120(101)81-40-34-75(35-41-81)74-31-27-26-28-32-74)76-33-29-30-73(60-76)71-117(24,25)80-63-103-106-104(64-80)123(84-45-47-86-88(66-84)112(14,15)53-51-110(86,10)11)100-70-92-90(114(18,19)55-57-116(92,22)23)68-96(100)119(106)94-62-79(108(5,6)7)39-49-98(94)121(103)82-42-37-78(38-43-82)107(2,3)4/h34-49,58-59,61-70,73-74,76H,26-33,50-57,60,71H2,1-25H3. The lowest BCUT2D eigenvalue weighted by Gasteiger charge is -2.48. The van der Waals surface area contributed by atoms with E-state index in [4.69, 9.17) is 0 Å². The lowest BCUT2D eigenvalue weighted by molar-refractivity contribution is 0.258. The lowest BCUT2D eigenvalue weighted by atomic mass is 9.32. The van der Waals surface area contributed by atoms with Gasteiger partial charge in [0.15, 0.2) is 0 Å². The molecule has 10 aromatic rings. The maximum atomic E-state index is 2.83.